The van der Waals surface area contributed by atoms with Gasteiger partial charge in [-0.25, -0.2) is 4.99 Å². The first-order valence-corrected chi connectivity index (χ1v) is 11.8. The molecule has 0 amide bonds. The zero-order valence-corrected chi connectivity index (χ0v) is 20.1. The lowest BCUT2D eigenvalue weighted by Gasteiger charge is -2.27. The summed E-state index contributed by atoms with van der Waals surface area (Å²) in [4.78, 5) is 7.37. The number of allylic oxidation sites excluding steroid dienone is 2. The van der Waals surface area contributed by atoms with Crippen LogP contribution in [0.3, 0.4) is 0 Å². The summed E-state index contributed by atoms with van der Waals surface area (Å²) in [5.41, 5.74) is 8.13. The van der Waals surface area contributed by atoms with Gasteiger partial charge in [0, 0.05) is 37.8 Å². The van der Waals surface area contributed by atoms with Crippen molar-refractivity contribution in [3.63, 3.8) is 0 Å². The van der Waals surface area contributed by atoms with Gasteiger partial charge < -0.3 is 10.2 Å². The van der Waals surface area contributed by atoms with E-state index in [-0.39, 0.29) is 0 Å². The van der Waals surface area contributed by atoms with E-state index in [0.717, 1.165) is 55.1 Å². The summed E-state index contributed by atoms with van der Waals surface area (Å²) in [7, 11) is 1.95. The number of rotatable bonds is 9. The van der Waals surface area contributed by atoms with Gasteiger partial charge in [-0.1, -0.05) is 69.8 Å². The molecule has 3 nitrogen and oxygen atoms in total. The molecule has 3 rings (SSSR count). The molecule has 1 aliphatic rings. The fourth-order valence-electron chi connectivity index (χ4n) is 4.12. The third-order valence-electron chi connectivity index (χ3n) is 6.12. The third-order valence-corrected chi connectivity index (χ3v) is 6.12. The molecule has 2 aromatic rings. The Bertz CT molecular complexity index is 1010. The first-order valence-electron chi connectivity index (χ1n) is 11.8. The van der Waals surface area contributed by atoms with Crippen LogP contribution in [0.5, 0.6) is 0 Å². The van der Waals surface area contributed by atoms with Crippen LogP contribution in [-0.4, -0.2) is 30.9 Å². The molecule has 0 spiro atoms. The van der Waals surface area contributed by atoms with E-state index in [9.17, 15) is 0 Å². The molecule has 0 aromatic heterocycles. The van der Waals surface area contributed by atoms with Crippen LogP contribution in [-0.2, 0) is 0 Å². The molecule has 168 valence electrons. The highest BCUT2D eigenvalue weighted by atomic mass is 15.1. The summed E-state index contributed by atoms with van der Waals surface area (Å²) in [6.07, 6.45) is 7.23. The standard InChI is InChI=1S/C29H37N3/c1-7-16-32(17-8-2)22(5)27-18-26-15-14-25(19-28(26)31-29(20-27)30-6)24-12-10-23(11-13-24)21(4)9-3/h9-15,18-19,21H,3,5,7-8,16-17,20H2,1-2,4,6H3,(H,30,31). The van der Waals surface area contributed by atoms with E-state index < -0.39 is 0 Å². The largest absolute Gasteiger partial charge is 0.376 e. The predicted octanol–water partition coefficient (Wildman–Crippen LogP) is 7.32. The van der Waals surface area contributed by atoms with Gasteiger partial charge in [0.2, 0.25) is 0 Å². The van der Waals surface area contributed by atoms with E-state index in [4.69, 9.17) is 4.99 Å². The van der Waals surface area contributed by atoms with E-state index in [0.29, 0.717) is 5.92 Å². The number of fused-ring (bicyclic) bond motifs is 1. The molecule has 0 saturated heterocycles. The normalized spacial score (nSPS) is 13.9. The van der Waals surface area contributed by atoms with Crippen LogP contribution in [0.1, 0.15) is 57.1 Å². The molecule has 1 unspecified atom stereocenters. The molecule has 0 radical (unpaired) electrons. The van der Waals surface area contributed by atoms with E-state index in [1.165, 1.54) is 22.3 Å². The summed E-state index contributed by atoms with van der Waals surface area (Å²) < 4.78 is 0. The molecular weight excluding hydrogens is 390 g/mol. The van der Waals surface area contributed by atoms with Gasteiger partial charge in [-0.2, -0.15) is 0 Å². The monoisotopic (exact) mass is 427 g/mol. The molecule has 1 atom stereocenters. The van der Waals surface area contributed by atoms with E-state index in [1.807, 2.05) is 13.1 Å². The average molecular weight is 428 g/mol. The Balaban J connectivity index is 1.96. The number of nitrogens with one attached hydrogen (secondary N) is 1. The summed E-state index contributed by atoms with van der Waals surface area (Å²) in [6, 6.07) is 15.3. The lowest BCUT2D eigenvalue weighted by atomic mass is 9.96. The van der Waals surface area contributed by atoms with Gasteiger partial charge in [-0.3, -0.25) is 0 Å². The van der Waals surface area contributed by atoms with E-state index >= 15 is 0 Å². The molecule has 2 aromatic carbocycles. The van der Waals surface area contributed by atoms with Crippen molar-refractivity contribution in [1.82, 2.24) is 10.2 Å². The minimum absolute atomic E-state index is 0.357. The molecule has 1 N–H and O–H groups in total. The topological polar surface area (TPSA) is 27.6 Å². The van der Waals surface area contributed by atoms with Gasteiger partial charge in [0.15, 0.2) is 0 Å². The average Bonchev–Trinajstić information content (AvgIpc) is 3.01. The Morgan fingerprint density at radius 2 is 1.75 bits per heavy atom. The quantitative estimate of drug-likeness (QED) is 0.425. The van der Waals surface area contributed by atoms with E-state index in [2.05, 4.69) is 92.7 Å². The minimum atomic E-state index is 0.357. The summed E-state index contributed by atoms with van der Waals surface area (Å²) in [5.74, 6) is 1.33. The Labute approximate surface area is 194 Å². The smallest absolute Gasteiger partial charge is 0.106 e. The van der Waals surface area contributed by atoms with Crippen LogP contribution in [0.15, 0.2) is 78.0 Å². The number of hydrogen-bond donors (Lipinski definition) is 1. The number of aliphatic imine (C=N–C) groups is 1. The molecule has 1 heterocycles. The van der Waals surface area contributed by atoms with Gasteiger partial charge >= 0.3 is 0 Å². The van der Waals surface area contributed by atoms with Gasteiger partial charge in [0.25, 0.3) is 0 Å². The second kappa shape index (κ2) is 11.0. The Morgan fingerprint density at radius 1 is 1.09 bits per heavy atom. The van der Waals surface area contributed by atoms with Crippen LogP contribution in [0.4, 0.5) is 5.69 Å². The zero-order chi connectivity index (χ0) is 23.1. The Kier molecular flexibility index (Phi) is 8.10. The van der Waals surface area contributed by atoms with Crippen molar-refractivity contribution >= 4 is 17.6 Å². The maximum absolute atomic E-state index is 4.97. The molecule has 0 aliphatic carbocycles. The van der Waals surface area contributed by atoms with Gasteiger partial charge in [0.1, 0.15) is 5.84 Å². The summed E-state index contributed by atoms with van der Waals surface area (Å²) in [6.45, 7) is 17.0. The number of benzene rings is 2. The summed E-state index contributed by atoms with van der Waals surface area (Å²) in [5, 5.41) is 3.30. The molecular formula is C29H37N3. The lowest BCUT2D eigenvalue weighted by molar-refractivity contribution is 0.351. The number of nitrogens with zero attached hydrogens (tertiary/aromatic N) is 2. The molecule has 1 aliphatic heterocycles. The van der Waals surface area contributed by atoms with Gasteiger partial charge in [0.05, 0.1) is 5.69 Å². The molecule has 0 saturated carbocycles. The first-order chi connectivity index (χ1) is 15.5. The highest BCUT2D eigenvalue weighted by molar-refractivity contribution is 5.92. The van der Waals surface area contributed by atoms with Crippen molar-refractivity contribution in [3.05, 3.63) is 84.1 Å². The van der Waals surface area contributed by atoms with Crippen molar-refractivity contribution in [2.24, 2.45) is 4.99 Å². The fraction of sp³-hybridized carbons (Fsp3) is 0.345. The number of amidine groups is 1. The van der Waals surface area contributed by atoms with Gasteiger partial charge in [-0.05, 0) is 53.2 Å². The maximum atomic E-state index is 4.97. The van der Waals surface area contributed by atoms with Crippen LogP contribution in [0, 0.1) is 0 Å². The second-order valence-corrected chi connectivity index (χ2v) is 8.51. The highest BCUT2D eigenvalue weighted by Crippen LogP contribution is 2.34. The fourth-order valence-corrected chi connectivity index (χ4v) is 4.12. The van der Waals surface area contributed by atoms with Crippen molar-refractivity contribution < 1.29 is 0 Å². The SMILES string of the molecule is C=CC(C)c1ccc(-c2ccc3c(c2)N=C(NC)CC(C(=C)N(CCC)CCC)=C3)cc1. The van der Waals surface area contributed by atoms with Crippen molar-refractivity contribution in [1.29, 1.82) is 0 Å². The maximum Gasteiger partial charge on any atom is 0.106 e. The van der Waals surface area contributed by atoms with Crippen molar-refractivity contribution in [2.45, 2.75) is 46.0 Å². The van der Waals surface area contributed by atoms with Crippen LogP contribution in [0.2, 0.25) is 0 Å². The van der Waals surface area contributed by atoms with Crippen LogP contribution in [0.25, 0.3) is 17.2 Å². The third kappa shape index (κ3) is 5.40. The van der Waals surface area contributed by atoms with Crippen LogP contribution < -0.4 is 5.32 Å². The van der Waals surface area contributed by atoms with Crippen LogP contribution >= 0.6 is 0 Å². The summed E-state index contributed by atoms with van der Waals surface area (Å²) >= 11 is 0. The van der Waals surface area contributed by atoms with Crippen molar-refractivity contribution in [3.8, 4) is 11.1 Å². The molecule has 3 heteroatoms. The Hall–Kier alpha value is -3.07. The lowest BCUT2D eigenvalue weighted by Crippen LogP contribution is -2.27. The predicted molar refractivity (Wildman–Crippen MR) is 141 cm³/mol. The van der Waals surface area contributed by atoms with Crippen molar-refractivity contribution in [2.75, 3.05) is 20.1 Å². The Morgan fingerprint density at radius 3 is 2.34 bits per heavy atom. The highest BCUT2D eigenvalue weighted by Gasteiger charge is 2.17. The minimum Gasteiger partial charge on any atom is -0.376 e. The molecule has 0 fully saturated rings. The second-order valence-electron chi connectivity index (χ2n) is 8.51. The zero-order valence-electron chi connectivity index (χ0n) is 20.1. The number of hydrogen-bond acceptors (Lipinski definition) is 3. The first kappa shape index (κ1) is 23.6. The van der Waals surface area contributed by atoms with E-state index in [1.54, 1.807) is 0 Å². The molecule has 32 heavy (non-hydrogen) atoms. The molecule has 0 bridgehead atoms. The van der Waals surface area contributed by atoms with Gasteiger partial charge in [-0.15, -0.1) is 6.58 Å².